The Morgan fingerprint density at radius 3 is 2.54 bits per heavy atom. The third-order valence-electron chi connectivity index (χ3n) is 3.78. The Hall–Kier alpha value is -2.40. The number of rotatable bonds is 8. The van der Waals surface area contributed by atoms with E-state index in [1.54, 1.807) is 13.3 Å². The Bertz CT molecular complexity index is 627. The molecule has 2 rings (SSSR count). The molecule has 1 aromatic carbocycles. The first kappa shape index (κ1) is 17.9. The monoisotopic (exact) mass is 327 g/mol. The highest BCUT2D eigenvalue weighted by atomic mass is 16.5. The highest BCUT2D eigenvalue weighted by Crippen LogP contribution is 2.25. The van der Waals surface area contributed by atoms with Gasteiger partial charge in [-0.2, -0.15) is 0 Å². The maximum absolute atomic E-state index is 12.7. The van der Waals surface area contributed by atoms with Crippen molar-refractivity contribution in [3.8, 4) is 5.75 Å². The van der Waals surface area contributed by atoms with Crippen molar-refractivity contribution in [2.24, 2.45) is 0 Å². The maximum Gasteiger partial charge on any atom is 0.233 e. The van der Waals surface area contributed by atoms with E-state index in [0.29, 0.717) is 6.54 Å². The van der Waals surface area contributed by atoms with Gasteiger partial charge >= 0.3 is 0 Å². The number of methoxy groups -OCH3 is 1. The fourth-order valence-electron chi connectivity index (χ4n) is 2.51. The van der Waals surface area contributed by atoms with Crippen molar-refractivity contribution in [1.82, 2.24) is 15.2 Å². The van der Waals surface area contributed by atoms with Gasteiger partial charge in [0.15, 0.2) is 0 Å². The average molecular weight is 327 g/mol. The molecule has 1 N–H and O–H groups in total. The Balaban J connectivity index is 2.15. The zero-order valence-corrected chi connectivity index (χ0v) is 14.5. The summed E-state index contributed by atoms with van der Waals surface area (Å²) >= 11 is 0. The first-order valence-corrected chi connectivity index (χ1v) is 8.09. The van der Waals surface area contributed by atoms with Gasteiger partial charge in [-0.1, -0.05) is 18.2 Å². The standard InChI is InChI=1S/C19H25N3O2/c1-22(2)14-6-13-21-19(23)18(17-7-4-5-12-20-17)15-8-10-16(24-3)11-9-15/h4-5,7-12,18H,6,13-14H2,1-3H3,(H,21,23). The molecular weight excluding hydrogens is 302 g/mol. The minimum absolute atomic E-state index is 0.0300. The smallest absolute Gasteiger partial charge is 0.233 e. The summed E-state index contributed by atoms with van der Waals surface area (Å²) in [6.45, 7) is 1.59. The Morgan fingerprint density at radius 2 is 1.96 bits per heavy atom. The van der Waals surface area contributed by atoms with Gasteiger partial charge in [-0.25, -0.2) is 0 Å². The van der Waals surface area contributed by atoms with Gasteiger partial charge in [0.1, 0.15) is 11.7 Å². The molecule has 0 bridgehead atoms. The average Bonchev–Trinajstić information content (AvgIpc) is 2.60. The molecule has 0 fully saturated rings. The van der Waals surface area contributed by atoms with Crippen LogP contribution in [0, 0.1) is 0 Å². The first-order valence-electron chi connectivity index (χ1n) is 8.09. The molecule has 5 nitrogen and oxygen atoms in total. The van der Waals surface area contributed by atoms with Gasteiger partial charge in [-0.15, -0.1) is 0 Å². The summed E-state index contributed by atoms with van der Waals surface area (Å²) in [5.74, 6) is 0.319. The predicted octanol–water partition coefficient (Wildman–Crippen LogP) is 2.29. The molecule has 0 aliphatic carbocycles. The van der Waals surface area contributed by atoms with Crippen molar-refractivity contribution in [1.29, 1.82) is 0 Å². The van der Waals surface area contributed by atoms with E-state index in [1.165, 1.54) is 0 Å². The first-order chi connectivity index (χ1) is 11.6. The second-order valence-corrected chi connectivity index (χ2v) is 5.91. The molecule has 128 valence electrons. The SMILES string of the molecule is COc1ccc(C(C(=O)NCCCN(C)C)c2ccccn2)cc1. The van der Waals surface area contributed by atoms with Crippen LogP contribution in [0.5, 0.6) is 5.75 Å². The molecule has 0 radical (unpaired) electrons. The second-order valence-electron chi connectivity index (χ2n) is 5.91. The number of amides is 1. The van der Waals surface area contributed by atoms with E-state index in [4.69, 9.17) is 4.74 Å². The maximum atomic E-state index is 12.7. The van der Waals surface area contributed by atoms with Gasteiger partial charge < -0.3 is 15.0 Å². The molecule has 1 unspecified atom stereocenters. The van der Waals surface area contributed by atoms with Gasteiger partial charge in [0, 0.05) is 12.7 Å². The van der Waals surface area contributed by atoms with Crippen LogP contribution in [0.15, 0.2) is 48.7 Å². The molecule has 0 spiro atoms. The van der Waals surface area contributed by atoms with E-state index in [9.17, 15) is 4.79 Å². The largest absolute Gasteiger partial charge is 0.497 e. The lowest BCUT2D eigenvalue weighted by atomic mass is 9.94. The number of nitrogens with one attached hydrogen (secondary N) is 1. The van der Waals surface area contributed by atoms with Crippen molar-refractivity contribution < 1.29 is 9.53 Å². The van der Waals surface area contributed by atoms with Gasteiger partial charge in [-0.05, 0) is 56.9 Å². The summed E-state index contributed by atoms with van der Waals surface area (Å²) in [4.78, 5) is 19.2. The summed E-state index contributed by atoms with van der Waals surface area (Å²) in [7, 11) is 5.68. The minimum atomic E-state index is -0.420. The Labute approximate surface area is 143 Å². The molecule has 5 heteroatoms. The van der Waals surface area contributed by atoms with E-state index in [2.05, 4.69) is 15.2 Å². The number of carbonyl (C=O) groups excluding carboxylic acids is 1. The minimum Gasteiger partial charge on any atom is -0.497 e. The van der Waals surface area contributed by atoms with Crippen LogP contribution in [-0.2, 0) is 4.79 Å². The molecule has 0 aliphatic heterocycles. The van der Waals surface area contributed by atoms with Crippen LogP contribution in [0.4, 0.5) is 0 Å². The molecule has 24 heavy (non-hydrogen) atoms. The van der Waals surface area contributed by atoms with Crippen LogP contribution in [0.2, 0.25) is 0 Å². The zero-order chi connectivity index (χ0) is 17.4. The van der Waals surface area contributed by atoms with Crippen LogP contribution in [0.3, 0.4) is 0 Å². The Kier molecular flexibility index (Phi) is 6.75. The van der Waals surface area contributed by atoms with E-state index in [-0.39, 0.29) is 5.91 Å². The zero-order valence-electron chi connectivity index (χ0n) is 14.5. The number of aromatic nitrogens is 1. The number of hydrogen-bond donors (Lipinski definition) is 1. The molecule has 1 atom stereocenters. The number of ether oxygens (including phenoxy) is 1. The third-order valence-corrected chi connectivity index (χ3v) is 3.78. The van der Waals surface area contributed by atoms with E-state index >= 15 is 0 Å². The van der Waals surface area contributed by atoms with E-state index in [0.717, 1.165) is 30.0 Å². The summed E-state index contributed by atoms with van der Waals surface area (Å²) in [6, 6.07) is 13.2. The number of benzene rings is 1. The van der Waals surface area contributed by atoms with Gasteiger partial charge in [0.05, 0.1) is 12.8 Å². The molecule has 1 heterocycles. The fourth-order valence-corrected chi connectivity index (χ4v) is 2.51. The van der Waals surface area contributed by atoms with Crippen LogP contribution in [-0.4, -0.2) is 50.1 Å². The van der Waals surface area contributed by atoms with Crippen molar-refractivity contribution in [3.05, 3.63) is 59.9 Å². The molecule has 2 aromatic rings. The number of hydrogen-bond acceptors (Lipinski definition) is 4. The van der Waals surface area contributed by atoms with Gasteiger partial charge in [-0.3, -0.25) is 9.78 Å². The molecule has 1 aromatic heterocycles. The number of carbonyl (C=O) groups is 1. The van der Waals surface area contributed by atoms with Crippen molar-refractivity contribution in [2.75, 3.05) is 34.3 Å². The molecule has 1 amide bonds. The number of nitrogens with zero attached hydrogens (tertiary/aromatic N) is 2. The van der Waals surface area contributed by atoms with Crippen molar-refractivity contribution >= 4 is 5.91 Å². The molecular formula is C19H25N3O2. The van der Waals surface area contributed by atoms with Gasteiger partial charge in [0.25, 0.3) is 0 Å². The number of pyridine rings is 1. The lowest BCUT2D eigenvalue weighted by Gasteiger charge is -2.18. The van der Waals surface area contributed by atoms with Crippen molar-refractivity contribution in [2.45, 2.75) is 12.3 Å². The normalized spacial score (nSPS) is 12.0. The van der Waals surface area contributed by atoms with Crippen LogP contribution in [0.25, 0.3) is 0 Å². The summed E-state index contributed by atoms with van der Waals surface area (Å²) in [6.07, 6.45) is 2.63. The van der Waals surface area contributed by atoms with E-state index in [1.807, 2.05) is 56.6 Å². The molecule has 0 aliphatic rings. The van der Waals surface area contributed by atoms with Crippen LogP contribution >= 0.6 is 0 Å². The lowest BCUT2D eigenvalue weighted by Crippen LogP contribution is -2.32. The highest BCUT2D eigenvalue weighted by molar-refractivity contribution is 5.86. The predicted molar refractivity (Wildman–Crippen MR) is 95.3 cm³/mol. The topological polar surface area (TPSA) is 54.5 Å². The fraction of sp³-hybridized carbons (Fsp3) is 0.368. The summed E-state index contributed by atoms with van der Waals surface area (Å²) in [5, 5.41) is 3.03. The molecule has 0 saturated carbocycles. The summed E-state index contributed by atoms with van der Waals surface area (Å²) in [5.41, 5.74) is 1.65. The van der Waals surface area contributed by atoms with Crippen LogP contribution < -0.4 is 10.1 Å². The summed E-state index contributed by atoms with van der Waals surface area (Å²) < 4.78 is 5.20. The van der Waals surface area contributed by atoms with Gasteiger partial charge in [0.2, 0.25) is 5.91 Å². The van der Waals surface area contributed by atoms with Crippen LogP contribution in [0.1, 0.15) is 23.6 Å². The van der Waals surface area contributed by atoms with Crippen molar-refractivity contribution in [3.63, 3.8) is 0 Å². The molecule has 0 saturated heterocycles. The lowest BCUT2D eigenvalue weighted by molar-refractivity contribution is -0.121. The quantitative estimate of drug-likeness (QED) is 0.756. The third kappa shape index (κ3) is 5.06. The second kappa shape index (κ2) is 9.03. The van der Waals surface area contributed by atoms with E-state index < -0.39 is 5.92 Å². The highest BCUT2D eigenvalue weighted by Gasteiger charge is 2.23. The Morgan fingerprint density at radius 1 is 1.21 bits per heavy atom.